The van der Waals surface area contributed by atoms with Crippen LogP contribution < -0.4 is 10.6 Å². The van der Waals surface area contributed by atoms with Crippen LogP contribution in [-0.2, 0) is 11.2 Å². The van der Waals surface area contributed by atoms with Gasteiger partial charge in [-0.15, -0.1) is 0 Å². The second-order valence-corrected chi connectivity index (χ2v) is 7.05. The van der Waals surface area contributed by atoms with Gasteiger partial charge in [-0.25, -0.2) is 4.98 Å². The molecular weight excluding hydrogens is 348 g/mol. The van der Waals surface area contributed by atoms with E-state index in [1.54, 1.807) is 0 Å². The number of imidazole rings is 1. The zero-order valence-corrected chi connectivity index (χ0v) is 15.2. The summed E-state index contributed by atoms with van der Waals surface area (Å²) in [6.45, 7) is 1.91. The Morgan fingerprint density at radius 2 is 1.96 bits per heavy atom. The van der Waals surface area contributed by atoms with Gasteiger partial charge in [0.05, 0.1) is 17.8 Å². The molecule has 1 amide bonds. The molecule has 0 bridgehead atoms. The van der Waals surface area contributed by atoms with Gasteiger partial charge in [0, 0.05) is 22.8 Å². The molecular formula is C20H21ClN4O. The number of aromatic nitrogens is 2. The van der Waals surface area contributed by atoms with Gasteiger partial charge in [-0.2, -0.15) is 0 Å². The molecule has 2 aromatic heterocycles. The number of fused-ring (bicyclic) bond motifs is 1. The van der Waals surface area contributed by atoms with E-state index < -0.39 is 0 Å². The predicted octanol–water partition coefficient (Wildman–Crippen LogP) is 3.07. The highest BCUT2D eigenvalue weighted by molar-refractivity contribution is 6.30. The molecule has 4 rings (SSSR count). The van der Waals surface area contributed by atoms with Crippen LogP contribution in [0.3, 0.4) is 0 Å². The average molecular weight is 369 g/mol. The zero-order valence-electron chi connectivity index (χ0n) is 14.4. The second kappa shape index (κ2) is 7.48. The summed E-state index contributed by atoms with van der Waals surface area (Å²) in [6, 6.07) is 13.7. The highest BCUT2D eigenvalue weighted by Gasteiger charge is 2.20. The van der Waals surface area contributed by atoms with Crippen molar-refractivity contribution in [1.82, 2.24) is 20.0 Å². The van der Waals surface area contributed by atoms with Crippen LogP contribution in [0.15, 0.2) is 48.7 Å². The molecule has 0 spiro atoms. The first-order chi connectivity index (χ1) is 12.7. The summed E-state index contributed by atoms with van der Waals surface area (Å²) in [6.07, 6.45) is 4.20. The first kappa shape index (κ1) is 17.1. The van der Waals surface area contributed by atoms with Gasteiger partial charge >= 0.3 is 0 Å². The molecule has 2 N–H and O–H groups in total. The van der Waals surface area contributed by atoms with E-state index in [0.717, 1.165) is 48.5 Å². The van der Waals surface area contributed by atoms with Crippen molar-refractivity contribution < 1.29 is 4.79 Å². The molecule has 0 atom stereocenters. The molecule has 1 aromatic carbocycles. The van der Waals surface area contributed by atoms with Crippen molar-refractivity contribution in [3.63, 3.8) is 0 Å². The van der Waals surface area contributed by atoms with E-state index in [-0.39, 0.29) is 11.9 Å². The lowest BCUT2D eigenvalue weighted by molar-refractivity contribution is -0.121. The number of piperidine rings is 1. The van der Waals surface area contributed by atoms with E-state index in [9.17, 15) is 4.79 Å². The lowest BCUT2D eigenvalue weighted by atomic mass is 10.1. The van der Waals surface area contributed by atoms with E-state index in [4.69, 9.17) is 16.6 Å². The lowest BCUT2D eigenvalue weighted by Crippen LogP contribution is -2.43. The Hall–Kier alpha value is -2.37. The number of nitrogens with zero attached hydrogens (tertiary/aromatic N) is 2. The summed E-state index contributed by atoms with van der Waals surface area (Å²) in [4.78, 5) is 17.4. The smallest absolute Gasteiger partial charge is 0.226 e. The molecule has 1 fully saturated rings. The lowest BCUT2D eigenvalue weighted by Gasteiger charge is -2.23. The Bertz CT molecular complexity index is 913. The molecule has 5 nitrogen and oxygen atoms in total. The number of pyridine rings is 1. The van der Waals surface area contributed by atoms with Crippen LogP contribution in [0.2, 0.25) is 5.02 Å². The summed E-state index contributed by atoms with van der Waals surface area (Å²) < 4.78 is 1.99. The third-order valence-corrected chi connectivity index (χ3v) is 5.03. The fourth-order valence-corrected chi connectivity index (χ4v) is 3.58. The maximum Gasteiger partial charge on any atom is 0.226 e. The summed E-state index contributed by atoms with van der Waals surface area (Å²) in [7, 11) is 0. The van der Waals surface area contributed by atoms with Gasteiger partial charge in [0.15, 0.2) is 0 Å². The number of halogens is 1. The molecule has 3 aromatic rings. The average Bonchev–Trinajstić information content (AvgIpc) is 3.02. The highest BCUT2D eigenvalue weighted by Crippen LogP contribution is 2.26. The SMILES string of the molecule is O=C(Cc1c(-c2ccc(Cl)cc2)nc2ccccn12)NC1CCNCC1. The summed E-state index contributed by atoms with van der Waals surface area (Å²) in [5.74, 6) is 0.0396. The van der Waals surface area contributed by atoms with Crippen molar-refractivity contribution in [1.29, 1.82) is 0 Å². The summed E-state index contributed by atoms with van der Waals surface area (Å²) in [5.41, 5.74) is 3.52. The number of nitrogens with one attached hydrogen (secondary N) is 2. The van der Waals surface area contributed by atoms with Gasteiger partial charge in [0.1, 0.15) is 5.65 Å². The van der Waals surface area contributed by atoms with Crippen LogP contribution >= 0.6 is 11.6 Å². The summed E-state index contributed by atoms with van der Waals surface area (Å²) in [5, 5.41) is 7.17. The molecule has 0 saturated carbocycles. The van der Waals surface area contributed by atoms with Gasteiger partial charge in [-0.3, -0.25) is 4.79 Å². The van der Waals surface area contributed by atoms with Crippen LogP contribution in [0.5, 0.6) is 0 Å². The Morgan fingerprint density at radius 1 is 1.19 bits per heavy atom. The quantitative estimate of drug-likeness (QED) is 0.744. The fraction of sp³-hybridized carbons (Fsp3) is 0.300. The van der Waals surface area contributed by atoms with Crippen LogP contribution in [0, 0.1) is 0 Å². The zero-order chi connectivity index (χ0) is 17.9. The minimum absolute atomic E-state index is 0.0396. The predicted molar refractivity (Wildman–Crippen MR) is 103 cm³/mol. The molecule has 1 aliphatic rings. The van der Waals surface area contributed by atoms with Gasteiger partial charge in [-0.05, 0) is 50.2 Å². The number of amides is 1. The topological polar surface area (TPSA) is 58.4 Å². The van der Waals surface area contributed by atoms with Crippen molar-refractivity contribution in [3.8, 4) is 11.3 Å². The van der Waals surface area contributed by atoms with Crippen molar-refractivity contribution in [2.75, 3.05) is 13.1 Å². The van der Waals surface area contributed by atoms with Gasteiger partial charge in [-0.1, -0.05) is 29.8 Å². The third-order valence-electron chi connectivity index (χ3n) is 4.78. The molecule has 6 heteroatoms. The number of hydrogen-bond donors (Lipinski definition) is 2. The molecule has 1 aliphatic heterocycles. The molecule has 0 radical (unpaired) electrons. The second-order valence-electron chi connectivity index (χ2n) is 6.61. The standard InChI is InChI=1S/C20H21ClN4O/c21-15-6-4-14(5-7-15)20-17(25-12-2-1-3-18(25)24-20)13-19(26)23-16-8-10-22-11-9-16/h1-7,12,16,22H,8-11,13H2,(H,23,26). The van der Waals surface area contributed by atoms with Crippen molar-refractivity contribution in [2.45, 2.75) is 25.3 Å². The Labute approximate surface area is 157 Å². The maximum absolute atomic E-state index is 12.7. The van der Waals surface area contributed by atoms with Gasteiger partial charge < -0.3 is 15.0 Å². The van der Waals surface area contributed by atoms with E-state index in [2.05, 4.69) is 10.6 Å². The van der Waals surface area contributed by atoms with Crippen LogP contribution in [0.4, 0.5) is 0 Å². The maximum atomic E-state index is 12.7. The number of rotatable bonds is 4. The van der Waals surface area contributed by atoms with E-state index in [1.165, 1.54) is 0 Å². The Morgan fingerprint density at radius 3 is 2.73 bits per heavy atom. The first-order valence-corrected chi connectivity index (χ1v) is 9.30. The number of carbonyl (C=O) groups is 1. The van der Waals surface area contributed by atoms with Crippen LogP contribution in [0.25, 0.3) is 16.9 Å². The molecule has 26 heavy (non-hydrogen) atoms. The van der Waals surface area contributed by atoms with E-state index >= 15 is 0 Å². The molecule has 1 saturated heterocycles. The van der Waals surface area contributed by atoms with Crippen molar-refractivity contribution in [3.05, 3.63) is 59.4 Å². The van der Waals surface area contributed by atoms with Crippen molar-refractivity contribution >= 4 is 23.2 Å². The number of benzene rings is 1. The number of carbonyl (C=O) groups excluding carboxylic acids is 1. The van der Waals surface area contributed by atoms with Gasteiger partial charge in [0.2, 0.25) is 5.91 Å². The Kier molecular flexibility index (Phi) is 4.91. The minimum Gasteiger partial charge on any atom is -0.353 e. The molecule has 0 aliphatic carbocycles. The van der Waals surface area contributed by atoms with Crippen molar-refractivity contribution in [2.24, 2.45) is 0 Å². The molecule has 0 unspecified atom stereocenters. The molecule has 134 valence electrons. The largest absolute Gasteiger partial charge is 0.353 e. The monoisotopic (exact) mass is 368 g/mol. The third kappa shape index (κ3) is 3.59. The summed E-state index contributed by atoms with van der Waals surface area (Å²) >= 11 is 6.02. The van der Waals surface area contributed by atoms with E-state index in [0.29, 0.717) is 11.4 Å². The van der Waals surface area contributed by atoms with Gasteiger partial charge in [0.25, 0.3) is 0 Å². The highest BCUT2D eigenvalue weighted by atomic mass is 35.5. The van der Waals surface area contributed by atoms with E-state index in [1.807, 2.05) is 53.1 Å². The fourth-order valence-electron chi connectivity index (χ4n) is 3.45. The van der Waals surface area contributed by atoms with Crippen LogP contribution in [-0.4, -0.2) is 34.4 Å². The number of hydrogen-bond acceptors (Lipinski definition) is 3. The molecule has 3 heterocycles. The normalized spacial score (nSPS) is 15.3. The Balaban J connectivity index is 1.65. The first-order valence-electron chi connectivity index (χ1n) is 8.93. The minimum atomic E-state index is 0.0396. The van der Waals surface area contributed by atoms with Crippen LogP contribution in [0.1, 0.15) is 18.5 Å².